The molecule has 162 valence electrons. The van der Waals surface area contributed by atoms with Crippen LogP contribution in [0.15, 0.2) is 24.3 Å². The number of para-hydroxylation sites is 1. The summed E-state index contributed by atoms with van der Waals surface area (Å²) in [6, 6.07) is 8.00. The van der Waals surface area contributed by atoms with Gasteiger partial charge in [-0.2, -0.15) is 0 Å². The zero-order valence-corrected chi connectivity index (χ0v) is 18.9. The van der Waals surface area contributed by atoms with E-state index in [0.29, 0.717) is 6.42 Å². The molecule has 4 atom stereocenters. The highest BCUT2D eigenvalue weighted by Gasteiger charge is 2.44. The first-order valence-corrected chi connectivity index (χ1v) is 12.5. The van der Waals surface area contributed by atoms with Crippen LogP contribution in [0.5, 0.6) is 0 Å². The standard InChI is InChI=1S/C27H43NO/c1-3-4-8-14-22-18-24(22)20-25-19-23(25)15-9-6-5-7-10-17-27(29)28-26-16-12-11-13-21(26)2/h11-13,16,22-25H,3-10,14-15,17-20H2,1-2H3,(H,28,29)/t22-,23+,24-,25+/m0/s1. The number of unbranched alkanes of at least 4 members (excludes halogenated alkanes) is 6. The van der Waals surface area contributed by atoms with Crippen LogP contribution >= 0.6 is 0 Å². The van der Waals surface area contributed by atoms with E-state index in [1.807, 2.05) is 31.2 Å². The van der Waals surface area contributed by atoms with Crippen molar-refractivity contribution in [3.63, 3.8) is 0 Å². The Balaban J connectivity index is 1.12. The highest BCUT2D eigenvalue weighted by atomic mass is 16.1. The number of hydrogen-bond acceptors (Lipinski definition) is 1. The maximum absolute atomic E-state index is 12.1. The number of hydrogen-bond donors (Lipinski definition) is 1. The van der Waals surface area contributed by atoms with Crippen LogP contribution in [-0.2, 0) is 4.79 Å². The molecule has 2 nitrogen and oxygen atoms in total. The first-order chi connectivity index (χ1) is 14.2. The van der Waals surface area contributed by atoms with Gasteiger partial charge in [0, 0.05) is 12.1 Å². The molecule has 1 aromatic carbocycles. The van der Waals surface area contributed by atoms with Crippen molar-refractivity contribution in [3.05, 3.63) is 29.8 Å². The van der Waals surface area contributed by atoms with Gasteiger partial charge in [-0.25, -0.2) is 0 Å². The second-order valence-corrected chi connectivity index (χ2v) is 9.91. The zero-order chi connectivity index (χ0) is 20.5. The van der Waals surface area contributed by atoms with Crippen LogP contribution in [0.1, 0.15) is 102 Å². The van der Waals surface area contributed by atoms with Crippen molar-refractivity contribution in [3.8, 4) is 0 Å². The summed E-state index contributed by atoms with van der Waals surface area (Å²) in [4.78, 5) is 12.1. The van der Waals surface area contributed by atoms with Crippen LogP contribution < -0.4 is 5.32 Å². The molecule has 2 aliphatic carbocycles. The number of benzene rings is 1. The Labute approximate surface area is 179 Å². The largest absolute Gasteiger partial charge is 0.326 e. The van der Waals surface area contributed by atoms with E-state index in [1.165, 1.54) is 64.2 Å². The molecular formula is C27H43NO. The van der Waals surface area contributed by atoms with Crippen molar-refractivity contribution in [1.29, 1.82) is 0 Å². The van der Waals surface area contributed by atoms with E-state index in [2.05, 4.69) is 12.2 Å². The van der Waals surface area contributed by atoms with Crippen LogP contribution in [0.3, 0.4) is 0 Å². The van der Waals surface area contributed by atoms with E-state index in [0.717, 1.165) is 41.3 Å². The minimum atomic E-state index is 0.160. The molecule has 29 heavy (non-hydrogen) atoms. The van der Waals surface area contributed by atoms with Crippen molar-refractivity contribution in [2.45, 2.75) is 104 Å². The average Bonchev–Trinajstić information content (AvgIpc) is 3.62. The van der Waals surface area contributed by atoms with Crippen LogP contribution in [-0.4, -0.2) is 5.91 Å². The Morgan fingerprint density at radius 3 is 2.17 bits per heavy atom. The summed E-state index contributed by atoms with van der Waals surface area (Å²) in [5.74, 6) is 4.51. The van der Waals surface area contributed by atoms with E-state index in [1.54, 1.807) is 12.8 Å². The molecule has 0 radical (unpaired) electrons. The molecule has 0 saturated heterocycles. The van der Waals surface area contributed by atoms with E-state index in [-0.39, 0.29) is 5.91 Å². The molecule has 0 bridgehead atoms. The number of carbonyl (C=O) groups is 1. The molecule has 0 unspecified atom stereocenters. The SMILES string of the molecule is CCCCC[C@H]1C[C@H]1C[C@H]1C[C@H]1CCCCCCCC(=O)Nc1ccccc1C. The van der Waals surface area contributed by atoms with Gasteiger partial charge in [0.2, 0.25) is 5.91 Å². The van der Waals surface area contributed by atoms with Crippen LogP contribution in [0.25, 0.3) is 0 Å². The molecule has 1 amide bonds. The summed E-state index contributed by atoms with van der Waals surface area (Å²) in [6.07, 6.45) is 18.8. The maximum Gasteiger partial charge on any atom is 0.224 e. The molecule has 1 aromatic rings. The number of anilines is 1. The first kappa shape index (κ1) is 22.4. The molecule has 1 N–H and O–H groups in total. The van der Waals surface area contributed by atoms with Crippen molar-refractivity contribution in [2.75, 3.05) is 5.32 Å². The highest BCUT2D eigenvalue weighted by molar-refractivity contribution is 5.91. The number of amides is 1. The lowest BCUT2D eigenvalue weighted by Gasteiger charge is -2.08. The van der Waals surface area contributed by atoms with E-state index >= 15 is 0 Å². The zero-order valence-electron chi connectivity index (χ0n) is 18.9. The lowest BCUT2D eigenvalue weighted by molar-refractivity contribution is -0.116. The summed E-state index contributed by atoms with van der Waals surface area (Å²) in [6.45, 7) is 4.35. The van der Waals surface area contributed by atoms with Gasteiger partial charge >= 0.3 is 0 Å². The lowest BCUT2D eigenvalue weighted by Crippen LogP contribution is -2.11. The van der Waals surface area contributed by atoms with Gasteiger partial charge in [0.25, 0.3) is 0 Å². The molecule has 2 aliphatic rings. The second kappa shape index (κ2) is 11.8. The second-order valence-electron chi connectivity index (χ2n) is 9.91. The van der Waals surface area contributed by atoms with E-state index < -0.39 is 0 Å². The Morgan fingerprint density at radius 1 is 0.862 bits per heavy atom. The van der Waals surface area contributed by atoms with E-state index in [4.69, 9.17) is 0 Å². The molecule has 0 aliphatic heterocycles. The quantitative estimate of drug-likeness (QED) is 0.299. The Bertz CT molecular complexity index is 625. The van der Waals surface area contributed by atoms with Gasteiger partial charge in [0.05, 0.1) is 0 Å². The predicted molar refractivity (Wildman–Crippen MR) is 124 cm³/mol. The van der Waals surface area contributed by atoms with Gasteiger partial charge in [-0.05, 0) is 67.9 Å². The van der Waals surface area contributed by atoms with Crippen LogP contribution in [0.2, 0.25) is 0 Å². The third kappa shape index (κ3) is 8.15. The van der Waals surface area contributed by atoms with Crippen molar-refractivity contribution in [2.24, 2.45) is 23.7 Å². The molecule has 0 heterocycles. The molecule has 2 fully saturated rings. The summed E-state index contributed by atoms with van der Waals surface area (Å²) < 4.78 is 0. The first-order valence-electron chi connectivity index (χ1n) is 12.5. The van der Waals surface area contributed by atoms with Crippen molar-refractivity contribution in [1.82, 2.24) is 0 Å². The van der Waals surface area contributed by atoms with Gasteiger partial charge < -0.3 is 5.32 Å². The van der Waals surface area contributed by atoms with Crippen LogP contribution in [0.4, 0.5) is 5.69 Å². The maximum atomic E-state index is 12.1. The van der Waals surface area contributed by atoms with Gasteiger partial charge in [0.1, 0.15) is 0 Å². The number of nitrogens with one attached hydrogen (secondary N) is 1. The third-order valence-electron chi connectivity index (χ3n) is 7.32. The smallest absolute Gasteiger partial charge is 0.224 e. The minimum absolute atomic E-state index is 0.160. The lowest BCUT2D eigenvalue weighted by atomic mass is 10.0. The summed E-state index contributed by atoms with van der Waals surface area (Å²) in [5, 5.41) is 3.04. The third-order valence-corrected chi connectivity index (χ3v) is 7.32. The number of aryl methyl sites for hydroxylation is 1. The fourth-order valence-electron chi connectivity index (χ4n) is 5.10. The van der Waals surface area contributed by atoms with Crippen LogP contribution in [0, 0.1) is 30.6 Å². The van der Waals surface area contributed by atoms with E-state index in [9.17, 15) is 4.79 Å². The normalized spacial score (nSPS) is 25.0. The van der Waals surface area contributed by atoms with Gasteiger partial charge in [0.15, 0.2) is 0 Å². The number of rotatable bonds is 15. The Hall–Kier alpha value is -1.31. The van der Waals surface area contributed by atoms with Crippen molar-refractivity contribution >= 4 is 11.6 Å². The molecular weight excluding hydrogens is 354 g/mol. The molecule has 3 rings (SSSR count). The fraction of sp³-hybridized carbons (Fsp3) is 0.741. The monoisotopic (exact) mass is 397 g/mol. The predicted octanol–water partition coefficient (Wildman–Crippen LogP) is 7.91. The fourth-order valence-corrected chi connectivity index (χ4v) is 5.10. The van der Waals surface area contributed by atoms with Gasteiger partial charge in [-0.3, -0.25) is 4.79 Å². The Kier molecular flexibility index (Phi) is 9.08. The summed E-state index contributed by atoms with van der Waals surface area (Å²) in [5.41, 5.74) is 2.09. The molecule has 0 aromatic heterocycles. The minimum Gasteiger partial charge on any atom is -0.326 e. The average molecular weight is 398 g/mol. The highest BCUT2D eigenvalue weighted by Crippen LogP contribution is 2.54. The molecule has 0 spiro atoms. The number of carbonyl (C=O) groups excluding carboxylic acids is 1. The van der Waals surface area contributed by atoms with Gasteiger partial charge in [-0.15, -0.1) is 0 Å². The molecule has 2 heteroatoms. The topological polar surface area (TPSA) is 29.1 Å². The molecule has 2 saturated carbocycles. The summed E-state index contributed by atoms with van der Waals surface area (Å²) in [7, 11) is 0. The van der Waals surface area contributed by atoms with Crippen molar-refractivity contribution < 1.29 is 4.79 Å². The van der Waals surface area contributed by atoms with Gasteiger partial charge in [-0.1, -0.05) is 82.9 Å². The Morgan fingerprint density at radius 2 is 1.48 bits per heavy atom. The summed E-state index contributed by atoms with van der Waals surface area (Å²) >= 11 is 0.